The molecule has 1 saturated heterocycles. The van der Waals surface area contributed by atoms with Crippen LogP contribution in [0.3, 0.4) is 0 Å². The molecule has 0 radical (unpaired) electrons. The van der Waals surface area contributed by atoms with E-state index >= 15 is 0 Å². The molecule has 60 heavy (non-hydrogen) atoms. The number of amides is 2. The molecule has 0 aliphatic carbocycles. The largest absolute Gasteiger partial charge is 1.00 e. The van der Waals surface area contributed by atoms with E-state index in [1.165, 1.54) is 11.5 Å². The van der Waals surface area contributed by atoms with Gasteiger partial charge in [-0.2, -0.15) is 4.58 Å². The molecule has 0 N–H and O–H groups in total. The molecule has 7 rings (SSSR count). The van der Waals surface area contributed by atoms with E-state index in [1.807, 2.05) is 69.9 Å². The van der Waals surface area contributed by atoms with E-state index < -0.39 is 53.2 Å². The summed E-state index contributed by atoms with van der Waals surface area (Å²) in [6.45, 7) is 4.21. The molecule has 1 fully saturated rings. The van der Waals surface area contributed by atoms with Gasteiger partial charge in [-0.3, -0.25) is 9.59 Å². The molecule has 2 aliphatic rings. The van der Waals surface area contributed by atoms with Crippen molar-refractivity contribution in [1.82, 2.24) is 9.63 Å². The zero-order valence-corrected chi connectivity index (χ0v) is 37.9. The number of carbonyl (C=O) groups is 3. The van der Waals surface area contributed by atoms with Gasteiger partial charge >= 0.3 is 35.5 Å². The number of hydroxylamine groups is 2. The Hall–Kier alpha value is -4.68. The van der Waals surface area contributed by atoms with Crippen LogP contribution in [-0.4, -0.2) is 84.3 Å². The average molecular weight is 863 g/mol. The fourth-order valence-corrected chi connectivity index (χ4v) is 9.70. The first kappa shape index (κ1) is 44.9. The van der Waals surface area contributed by atoms with Crippen molar-refractivity contribution in [3.05, 3.63) is 89.8 Å². The van der Waals surface area contributed by atoms with Gasteiger partial charge in [-0.25, -0.2) is 21.6 Å². The Morgan fingerprint density at radius 2 is 1.57 bits per heavy atom. The minimum absolute atomic E-state index is 0. The van der Waals surface area contributed by atoms with E-state index in [9.17, 15) is 40.3 Å². The van der Waals surface area contributed by atoms with Crippen LogP contribution in [-0.2, 0) is 51.9 Å². The molecule has 0 bridgehead atoms. The van der Waals surface area contributed by atoms with Crippen LogP contribution in [0.1, 0.15) is 57.9 Å². The van der Waals surface area contributed by atoms with Crippen LogP contribution >= 0.6 is 0 Å². The second-order valence-corrected chi connectivity index (χ2v) is 18.2. The molecule has 0 saturated carbocycles. The van der Waals surface area contributed by atoms with E-state index in [4.69, 9.17) is 4.84 Å². The number of aryl methyl sites for hydroxylation is 1. The summed E-state index contributed by atoms with van der Waals surface area (Å²) in [6, 6.07) is 15.4. The molecule has 4 aromatic carbocycles. The molecule has 2 aliphatic heterocycles. The summed E-state index contributed by atoms with van der Waals surface area (Å²) in [5, 5.41) is 5.14. The zero-order chi connectivity index (χ0) is 42.6. The number of allylic oxidation sites excluding steroid dienone is 4. The monoisotopic (exact) mass is 862 g/mol. The van der Waals surface area contributed by atoms with E-state index in [0.29, 0.717) is 48.2 Å². The van der Waals surface area contributed by atoms with Crippen LogP contribution < -0.4 is 39.8 Å². The average Bonchev–Trinajstić information content (AvgIpc) is 3.71. The number of benzene rings is 4. The van der Waals surface area contributed by atoms with Crippen molar-refractivity contribution in [1.29, 1.82) is 0 Å². The van der Waals surface area contributed by atoms with E-state index in [-0.39, 0.29) is 59.6 Å². The van der Waals surface area contributed by atoms with Gasteiger partial charge in [0.2, 0.25) is 5.69 Å². The first-order valence-corrected chi connectivity index (χ1v) is 21.9. The Kier molecular flexibility index (Phi) is 12.7. The van der Waals surface area contributed by atoms with Gasteiger partial charge in [-0.05, 0) is 68.5 Å². The van der Waals surface area contributed by atoms with Gasteiger partial charge in [0.15, 0.2) is 5.71 Å². The Bertz CT molecular complexity index is 2970. The molecule has 0 unspecified atom stereocenters. The van der Waals surface area contributed by atoms with Gasteiger partial charge in [0.05, 0.1) is 15.2 Å². The van der Waals surface area contributed by atoms with Crippen molar-refractivity contribution in [2.75, 3.05) is 25.5 Å². The molecule has 14 nitrogen and oxygen atoms in total. The number of carbonyl (C=O) groups excluding carboxylic acids is 3. The molecule has 2 amide bonds. The summed E-state index contributed by atoms with van der Waals surface area (Å²) in [5.74, 6) is -1.80. The van der Waals surface area contributed by atoms with Crippen molar-refractivity contribution in [2.24, 2.45) is 7.05 Å². The molecular formula is C43H43N4NaO10S2. The summed E-state index contributed by atoms with van der Waals surface area (Å²) in [4.78, 5) is 41.6. The maximum atomic E-state index is 12.4. The van der Waals surface area contributed by atoms with Gasteiger partial charge in [-0.1, -0.05) is 36.4 Å². The minimum Gasteiger partial charge on any atom is -0.744 e. The van der Waals surface area contributed by atoms with Gasteiger partial charge in [0, 0.05) is 103 Å². The Labute approximate surface area is 370 Å². The normalized spacial score (nSPS) is 16.1. The Morgan fingerprint density at radius 3 is 2.23 bits per heavy atom. The molecule has 17 heteroatoms. The molecule has 3 heterocycles. The first-order valence-electron chi connectivity index (χ1n) is 19.1. The SMILES string of the molecule is CN(C)c1ccc2c3c1cccc3\c(=C/C=C/C=C/C1=[N+](CCCCCC(=O)ON3C(=O)CCC3=O)c3ccc4c(S(=O)(=O)[O-])cc(S(=O)(=O)[O-])cc4c3C1(C)C)n2C.[Na+]. The number of fused-ring (bicyclic) bond motifs is 3. The van der Waals surface area contributed by atoms with Crippen LogP contribution in [0.15, 0.2) is 88.7 Å². The molecule has 308 valence electrons. The number of imide groups is 1. The number of hydrogen-bond donors (Lipinski definition) is 0. The predicted molar refractivity (Wildman–Crippen MR) is 221 cm³/mol. The third-order valence-corrected chi connectivity index (χ3v) is 12.8. The van der Waals surface area contributed by atoms with E-state index in [0.717, 1.165) is 39.1 Å². The second-order valence-electron chi connectivity index (χ2n) is 15.5. The molecule has 5 aromatic rings. The second kappa shape index (κ2) is 17.0. The third-order valence-electron chi connectivity index (χ3n) is 11.1. The Balaban J connectivity index is 0.00000604. The smallest absolute Gasteiger partial charge is 0.744 e. The molecule has 0 spiro atoms. The van der Waals surface area contributed by atoms with Crippen molar-refractivity contribution in [3.8, 4) is 0 Å². The summed E-state index contributed by atoms with van der Waals surface area (Å²) in [6.07, 6.45) is 11.1. The topological polar surface area (TPSA) is 189 Å². The molecule has 0 atom stereocenters. The van der Waals surface area contributed by atoms with Gasteiger partial charge in [0.25, 0.3) is 11.8 Å². The fraction of sp³-hybridized carbons (Fsp3) is 0.302. The van der Waals surface area contributed by atoms with Crippen molar-refractivity contribution in [2.45, 2.75) is 67.6 Å². The van der Waals surface area contributed by atoms with Crippen LogP contribution in [0, 0.1) is 0 Å². The number of aromatic nitrogens is 1. The maximum absolute atomic E-state index is 12.4. The summed E-state index contributed by atoms with van der Waals surface area (Å²) in [7, 11) is -4.27. The van der Waals surface area contributed by atoms with Gasteiger partial charge < -0.3 is 23.4 Å². The van der Waals surface area contributed by atoms with E-state index in [2.05, 4.69) is 39.8 Å². The van der Waals surface area contributed by atoms with Gasteiger partial charge in [-0.15, -0.1) is 5.06 Å². The van der Waals surface area contributed by atoms with Gasteiger partial charge in [0.1, 0.15) is 26.8 Å². The number of anilines is 1. The summed E-state index contributed by atoms with van der Waals surface area (Å²) < 4.78 is 78.1. The molecule has 1 aromatic heterocycles. The molecular weight excluding hydrogens is 820 g/mol. The quantitative estimate of drug-likeness (QED) is 0.0422. The summed E-state index contributed by atoms with van der Waals surface area (Å²) >= 11 is 0. The van der Waals surface area contributed by atoms with Crippen LogP contribution in [0.2, 0.25) is 0 Å². The van der Waals surface area contributed by atoms with Crippen LogP contribution in [0.5, 0.6) is 0 Å². The first-order chi connectivity index (χ1) is 27.8. The van der Waals surface area contributed by atoms with Crippen molar-refractivity contribution in [3.63, 3.8) is 0 Å². The summed E-state index contributed by atoms with van der Waals surface area (Å²) in [5.41, 5.74) is 3.28. The number of nitrogens with zero attached hydrogens (tertiary/aromatic N) is 4. The minimum atomic E-state index is -5.19. The fourth-order valence-electron chi connectivity index (χ4n) is 8.38. The number of unbranched alkanes of at least 4 members (excludes halogenated alkanes) is 2. The third kappa shape index (κ3) is 8.34. The van der Waals surface area contributed by atoms with E-state index in [1.54, 1.807) is 6.07 Å². The predicted octanol–water partition coefficient (Wildman–Crippen LogP) is 2.22. The Morgan fingerprint density at radius 1 is 0.867 bits per heavy atom. The zero-order valence-electron chi connectivity index (χ0n) is 34.2. The van der Waals surface area contributed by atoms with Crippen LogP contribution in [0.4, 0.5) is 11.4 Å². The number of rotatable bonds is 13. The van der Waals surface area contributed by atoms with Crippen LogP contribution in [0.25, 0.3) is 38.5 Å². The number of hydrogen-bond acceptors (Lipinski definition) is 11. The standard InChI is InChI=1S/C43H44N4O10S2.Na/c1-43(2)37(16-9-6-8-15-33-30-14-12-13-29-32(44(3)4)20-21-34(41(29)30)45(33)5)46(24-11-7-10-17-40(50)57-47-38(48)22-23-39(47)49)35-19-18-28-31(42(35)43)25-27(58(51,52)53)26-36(28)59(54,55)56;/h6,8-9,12-16,18-21,25-26H,7,10-11,17,22-24H2,1-5H3,(H-,51,52,53,54,55,56);/q;+1/p-1. The maximum Gasteiger partial charge on any atom is 1.00 e. The van der Waals surface area contributed by atoms with Crippen molar-refractivity contribution < 1.29 is 79.3 Å². The van der Waals surface area contributed by atoms with Crippen molar-refractivity contribution >= 4 is 93.6 Å².